The zero-order chi connectivity index (χ0) is 43.2. The van der Waals surface area contributed by atoms with Crippen molar-refractivity contribution >= 4 is 17.7 Å². The standard InChI is InChI=1S/C45H70N2O12/c1-26-19-27(2)21-38(56-7)41-39(57-8)23-29(4)45(54,59-41)42(51)43(52)47-15-10-9-11-33(47)44(53)58-40(28(3)22-31-12-13-35(49)37(24-31)55-6)30(5)36(50)25-34-32(20-26)14-16-46(34)17-18-48/h14,16,22,27,29-31,33-41,48-50,54H,9-13,15,17-19,21,23-25H2,1-8H3. The fourth-order valence-corrected chi connectivity index (χ4v) is 10.0. The smallest absolute Gasteiger partial charge is 0.329 e. The highest BCUT2D eigenvalue weighted by atomic mass is 16.7. The van der Waals surface area contributed by atoms with E-state index in [0.717, 1.165) is 11.1 Å². The van der Waals surface area contributed by atoms with Crippen LogP contribution in [0, 0.1) is 23.7 Å². The fraction of sp³-hybridized carbons (Fsp3) is 0.778. The topological polar surface area (TPSA) is 185 Å². The first-order valence-corrected chi connectivity index (χ1v) is 21.7. The number of amides is 1. The molecule has 332 valence electrons. The Morgan fingerprint density at radius 3 is 2.31 bits per heavy atom. The molecule has 14 heteroatoms. The molecule has 4 aliphatic heterocycles. The summed E-state index contributed by atoms with van der Waals surface area (Å²) in [6.07, 6.45) is 5.87. The van der Waals surface area contributed by atoms with Gasteiger partial charge >= 0.3 is 5.97 Å². The van der Waals surface area contributed by atoms with Gasteiger partial charge in [0.15, 0.2) is 0 Å². The number of hydrogen-bond acceptors (Lipinski definition) is 13. The summed E-state index contributed by atoms with van der Waals surface area (Å²) < 4.78 is 30.0. The number of aliphatic hydroxyl groups is 4. The molecule has 0 aromatic heterocycles. The Morgan fingerprint density at radius 2 is 1.63 bits per heavy atom. The Morgan fingerprint density at radius 1 is 0.932 bits per heavy atom. The van der Waals surface area contributed by atoms with E-state index in [9.17, 15) is 34.8 Å². The van der Waals surface area contributed by atoms with Crippen LogP contribution < -0.4 is 0 Å². The first-order chi connectivity index (χ1) is 28.1. The quantitative estimate of drug-likeness (QED) is 0.127. The molecule has 14 unspecified atom stereocenters. The second-order valence-corrected chi connectivity index (χ2v) is 17.8. The highest BCUT2D eigenvalue weighted by molar-refractivity contribution is 6.39. The number of aliphatic hydroxyl groups excluding tert-OH is 3. The van der Waals surface area contributed by atoms with Crippen LogP contribution in [0.15, 0.2) is 40.8 Å². The van der Waals surface area contributed by atoms with Gasteiger partial charge in [-0.15, -0.1) is 5.73 Å². The molecule has 1 saturated carbocycles. The van der Waals surface area contributed by atoms with E-state index in [4.69, 9.17) is 23.7 Å². The predicted molar refractivity (Wildman–Crippen MR) is 218 cm³/mol. The number of carbonyl (C=O) groups excluding carboxylic acids is 3. The Hall–Kier alpha value is -2.91. The van der Waals surface area contributed by atoms with E-state index in [2.05, 4.69) is 12.7 Å². The van der Waals surface area contributed by atoms with E-state index in [-0.39, 0.29) is 56.4 Å². The van der Waals surface area contributed by atoms with Gasteiger partial charge in [0, 0.05) is 58.0 Å². The molecule has 2 bridgehead atoms. The van der Waals surface area contributed by atoms with Gasteiger partial charge in [-0.1, -0.05) is 26.8 Å². The van der Waals surface area contributed by atoms with Crippen LogP contribution in [0.5, 0.6) is 0 Å². The lowest BCUT2D eigenvalue weighted by atomic mass is 9.82. The molecular formula is C45H70N2O12. The van der Waals surface area contributed by atoms with Crippen molar-refractivity contribution < 1.29 is 58.5 Å². The molecule has 4 N–H and O–H groups in total. The molecule has 0 spiro atoms. The third kappa shape index (κ3) is 10.8. The summed E-state index contributed by atoms with van der Waals surface area (Å²) in [4.78, 5) is 46.2. The molecule has 3 fully saturated rings. The summed E-state index contributed by atoms with van der Waals surface area (Å²) in [6, 6.07) is -1.43. The number of carbonyl (C=O) groups is 3. The number of hydrogen-bond donors (Lipinski definition) is 4. The number of Topliss-reactive ketones (excluding diaryl/α,β-unsaturated/α-hetero) is 1. The summed E-state index contributed by atoms with van der Waals surface area (Å²) in [5.41, 5.74) is 6.12. The molecular weight excluding hydrogens is 760 g/mol. The van der Waals surface area contributed by atoms with Gasteiger partial charge in [0.1, 0.15) is 18.2 Å². The minimum atomic E-state index is -2.50. The molecule has 0 aromatic rings. The number of β-amino-alcohol motifs (C(OH)–C–C–N with tert-alkyl or cyclic N) is 1. The lowest BCUT2D eigenvalue weighted by Crippen LogP contribution is -2.64. The number of cyclic esters (lactones) is 1. The fourth-order valence-electron chi connectivity index (χ4n) is 10.0. The molecule has 0 aromatic carbocycles. The van der Waals surface area contributed by atoms with Crippen molar-refractivity contribution in [3.8, 4) is 0 Å². The number of allylic oxidation sites excluding steroid dienone is 1. The Bertz CT molecular complexity index is 1610. The molecule has 59 heavy (non-hydrogen) atoms. The van der Waals surface area contributed by atoms with Crippen molar-refractivity contribution in [1.29, 1.82) is 0 Å². The van der Waals surface area contributed by atoms with E-state index in [0.29, 0.717) is 57.1 Å². The Labute approximate surface area is 350 Å². The number of nitrogens with zero attached hydrogens (tertiary/aromatic N) is 2. The van der Waals surface area contributed by atoms with E-state index in [1.54, 1.807) is 28.3 Å². The van der Waals surface area contributed by atoms with E-state index in [1.807, 2.05) is 44.0 Å². The van der Waals surface area contributed by atoms with Gasteiger partial charge in [0.2, 0.25) is 5.79 Å². The summed E-state index contributed by atoms with van der Waals surface area (Å²) >= 11 is 0. The highest BCUT2D eigenvalue weighted by Gasteiger charge is 2.56. The van der Waals surface area contributed by atoms with Crippen LogP contribution in [-0.4, -0.2) is 150 Å². The van der Waals surface area contributed by atoms with Crippen molar-refractivity contribution in [2.45, 2.75) is 159 Å². The molecule has 2 saturated heterocycles. The summed E-state index contributed by atoms with van der Waals surface area (Å²) in [5, 5.41) is 44.6. The van der Waals surface area contributed by atoms with Gasteiger partial charge in [-0.3, -0.25) is 9.59 Å². The molecule has 14 nitrogen and oxygen atoms in total. The molecule has 5 aliphatic rings. The Kier molecular flexibility index (Phi) is 16.6. The lowest BCUT2D eigenvalue weighted by Gasteiger charge is -2.47. The second kappa shape index (κ2) is 20.8. The normalized spacial score (nSPS) is 39.8. The molecule has 5 rings (SSSR count). The summed E-state index contributed by atoms with van der Waals surface area (Å²) in [6.45, 7) is 9.78. The number of esters is 1. The molecule has 14 atom stereocenters. The van der Waals surface area contributed by atoms with Crippen LogP contribution in [-0.2, 0) is 38.1 Å². The predicted octanol–water partition coefficient (Wildman–Crippen LogP) is 3.59. The minimum Gasteiger partial charge on any atom is -0.456 e. The van der Waals surface area contributed by atoms with Crippen LogP contribution in [0.2, 0.25) is 0 Å². The zero-order valence-corrected chi connectivity index (χ0v) is 36.4. The molecule has 1 aliphatic carbocycles. The average Bonchev–Trinajstić information content (AvgIpc) is 3.58. The number of rotatable bonds is 7. The van der Waals surface area contributed by atoms with Gasteiger partial charge in [0.05, 0.1) is 43.2 Å². The van der Waals surface area contributed by atoms with E-state index < -0.39 is 77.9 Å². The third-order valence-corrected chi connectivity index (χ3v) is 13.5. The summed E-state index contributed by atoms with van der Waals surface area (Å²) in [5.74, 6) is -6.77. The van der Waals surface area contributed by atoms with Crippen molar-refractivity contribution in [1.82, 2.24) is 9.80 Å². The third-order valence-electron chi connectivity index (χ3n) is 13.5. The van der Waals surface area contributed by atoms with Crippen molar-refractivity contribution in [3.63, 3.8) is 0 Å². The Balaban J connectivity index is 1.58. The number of ether oxygens (including phenoxy) is 5. The van der Waals surface area contributed by atoms with Gasteiger partial charge in [0.25, 0.3) is 11.7 Å². The molecule has 1 amide bonds. The van der Waals surface area contributed by atoms with Gasteiger partial charge < -0.3 is 53.9 Å². The van der Waals surface area contributed by atoms with E-state index in [1.165, 1.54) is 4.90 Å². The summed E-state index contributed by atoms with van der Waals surface area (Å²) in [7, 11) is 4.66. The number of fused-ring (bicyclic) bond motifs is 4. The zero-order valence-electron chi connectivity index (χ0n) is 36.4. The maximum atomic E-state index is 14.4. The number of piperidine rings is 1. The average molecular weight is 831 g/mol. The van der Waals surface area contributed by atoms with Crippen LogP contribution in [0.4, 0.5) is 0 Å². The van der Waals surface area contributed by atoms with Crippen LogP contribution in [0.1, 0.15) is 98.8 Å². The molecule has 4 heterocycles. The van der Waals surface area contributed by atoms with Gasteiger partial charge in [-0.2, -0.15) is 0 Å². The maximum Gasteiger partial charge on any atom is 0.329 e. The number of methoxy groups -OCH3 is 3. The molecule has 0 radical (unpaired) electrons. The SMILES string of the molecule is COC1CC(C=C(C)C2OC(=O)C3CCCCN3C(=O)C(=O)C3(O)OC(C(OC)CC(C)CC(C)=C=C4C=CN(CCO)C4CC(O)C2C)C(OC)CC3C)CCC1O. The highest BCUT2D eigenvalue weighted by Crippen LogP contribution is 2.39. The first-order valence-electron chi connectivity index (χ1n) is 21.7. The first kappa shape index (κ1) is 47.1. The minimum absolute atomic E-state index is 0.0171. The lowest BCUT2D eigenvalue weighted by molar-refractivity contribution is -0.302. The number of ketones is 1. The second-order valence-electron chi connectivity index (χ2n) is 17.8. The van der Waals surface area contributed by atoms with Crippen molar-refractivity contribution in [2.75, 3.05) is 41.0 Å². The monoisotopic (exact) mass is 830 g/mol. The van der Waals surface area contributed by atoms with E-state index >= 15 is 0 Å². The van der Waals surface area contributed by atoms with Crippen LogP contribution in [0.3, 0.4) is 0 Å². The van der Waals surface area contributed by atoms with Crippen LogP contribution >= 0.6 is 0 Å². The van der Waals surface area contributed by atoms with Crippen LogP contribution in [0.25, 0.3) is 0 Å². The van der Waals surface area contributed by atoms with Gasteiger partial charge in [-0.05, 0) is 107 Å². The van der Waals surface area contributed by atoms with Crippen molar-refractivity contribution in [3.05, 3.63) is 40.8 Å². The van der Waals surface area contributed by atoms with Crippen molar-refractivity contribution in [2.24, 2.45) is 23.7 Å². The largest absolute Gasteiger partial charge is 0.456 e. The van der Waals surface area contributed by atoms with Gasteiger partial charge in [-0.25, -0.2) is 4.79 Å². The maximum absolute atomic E-state index is 14.4.